The predicted octanol–water partition coefficient (Wildman–Crippen LogP) is 12.4. The van der Waals surface area contributed by atoms with Gasteiger partial charge >= 0.3 is 0 Å². The predicted molar refractivity (Wildman–Crippen MR) is 201 cm³/mol. The van der Waals surface area contributed by atoms with E-state index in [1.807, 2.05) is 11.3 Å². The van der Waals surface area contributed by atoms with Gasteiger partial charge in [0.2, 0.25) is 0 Å². The van der Waals surface area contributed by atoms with Crippen molar-refractivity contribution < 1.29 is 0 Å². The van der Waals surface area contributed by atoms with E-state index in [9.17, 15) is 0 Å². The maximum absolute atomic E-state index is 2.44. The molecule has 10 aromatic rings. The molecular weight excluding hydrogens is 589 g/mol. The first-order valence-corrected chi connectivity index (χ1v) is 16.9. The van der Waals surface area contributed by atoms with Gasteiger partial charge in [0, 0.05) is 43.2 Å². The molecule has 0 atom stereocenters. The van der Waals surface area contributed by atoms with Crippen molar-refractivity contribution in [3.05, 3.63) is 170 Å². The van der Waals surface area contributed by atoms with Crippen molar-refractivity contribution >= 4 is 64.3 Å². The lowest BCUT2D eigenvalue weighted by Crippen LogP contribution is -1.96. The molecule has 0 bridgehead atoms. The Morgan fingerprint density at radius 2 is 0.915 bits per heavy atom. The minimum absolute atomic E-state index is 1.17. The third kappa shape index (κ3) is 3.90. The maximum Gasteiger partial charge on any atom is 0.0727 e. The zero-order chi connectivity index (χ0) is 30.9. The fourth-order valence-corrected chi connectivity index (χ4v) is 8.74. The summed E-state index contributed by atoms with van der Waals surface area (Å²) in [7, 11) is 0. The minimum atomic E-state index is 1.17. The summed E-state index contributed by atoms with van der Waals surface area (Å²) in [5.74, 6) is 0. The van der Waals surface area contributed by atoms with E-state index in [0.717, 1.165) is 0 Å². The molecule has 220 valence electrons. The van der Waals surface area contributed by atoms with Crippen LogP contribution < -0.4 is 0 Å². The van der Waals surface area contributed by atoms with Gasteiger partial charge in [0.25, 0.3) is 0 Å². The number of benzene rings is 7. The highest BCUT2D eigenvalue weighted by molar-refractivity contribution is 7.26. The minimum Gasteiger partial charge on any atom is -0.309 e. The van der Waals surface area contributed by atoms with Gasteiger partial charge in [-0.25, -0.2) is 0 Å². The standard InChI is InChI=1S/C44H28N2S/c1-3-14-30(15-4-1)45-39-24-11-9-20-34(39)36-23-13-22-35(42(36)45)33-19-8-7-18-32(33)29-26-27-41-38(28-29)43-44(47-41)37-21-10-12-25-40(37)46(43)31-16-5-2-6-17-31/h1-28H. The number of thiophene rings is 1. The summed E-state index contributed by atoms with van der Waals surface area (Å²) in [5.41, 5.74) is 12.2. The van der Waals surface area contributed by atoms with Crippen molar-refractivity contribution in [3.8, 4) is 33.6 Å². The van der Waals surface area contributed by atoms with Crippen LogP contribution in [-0.4, -0.2) is 9.13 Å². The van der Waals surface area contributed by atoms with Gasteiger partial charge in [0.1, 0.15) is 0 Å². The van der Waals surface area contributed by atoms with E-state index >= 15 is 0 Å². The van der Waals surface area contributed by atoms with Gasteiger partial charge in [-0.1, -0.05) is 121 Å². The van der Waals surface area contributed by atoms with Crippen molar-refractivity contribution in [1.82, 2.24) is 9.13 Å². The molecule has 2 nitrogen and oxygen atoms in total. The highest BCUT2D eigenvalue weighted by Gasteiger charge is 2.20. The quantitative estimate of drug-likeness (QED) is 0.186. The molecule has 10 rings (SSSR count). The average molecular weight is 617 g/mol. The molecule has 0 amide bonds. The van der Waals surface area contributed by atoms with Crippen molar-refractivity contribution in [2.45, 2.75) is 0 Å². The maximum atomic E-state index is 2.44. The van der Waals surface area contributed by atoms with Crippen LogP contribution in [0.5, 0.6) is 0 Å². The topological polar surface area (TPSA) is 9.86 Å². The first kappa shape index (κ1) is 26.3. The fraction of sp³-hybridized carbons (Fsp3) is 0. The second-order valence-corrected chi connectivity index (χ2v) is 13.2. The summed E-state index contributed by atoms with van der Waals surface area (Å²) in [5, 5.41) is 5.12. The molecule has 0 N–H and O–H groups in total. The number of nitrogens with zero attached hydrogens (tertiary/aromatic N) is 2. The van der Waals surface area contributed by atoms with Crippen molar-refractivity contribution in [1.29, 1.82) is 0 Å². The van der Waals surface area contributed by atoms with E-state index in [4.69, 9.17) is 0 Å². The molecule has 3 heterocycles. The van der Waals surface area contributed by atoms with E-state index in [-0.39, 0.29) is 0 Å². The van der Waals surface area contributed by atoms with E-state index in [0.29, 0.717) is 0 Å². The van der Waals surface area contributed by atoms with Crippen LogP contribution in [0.4, 0.5) is 0 Å². The third-order valence-corrected chi connectivity index (χ3v) is 10.7. The summed E-state index contributed by atoms with van der Waals surface area (Å²) < 4.78 is 7.51. The molecule has 47 heavy (non-hydrogen) atoms. The van der Waals surface area contributed by atoms with Gasteiger partial charge in [-0.15, -0.1) is 11.3 Å². The SMILES string of the molecule is c1ccc(-n2c3ccccc3c3cccc(-c4ccccc4-c4ccc5sc6c7ccccc7n(-c7ccccc7)c6c5c4)c32)cc1. The Labute approximate surface area is 276 Å². The molecule has 7 aromatic carbocycles. The Balaban J connectivity index is 1.25. The van der Waals surface area contributed by atoms with Crippen molar-refractivity contribution in [2.75, 3.05) is 0 Å². The molecule has 0 aliphatic carbocycles. The Morgan fingerprint density at radius 1 is 0.362 bits per heavy atom. The van der Waals surface area contributed by atoms with E-state index in [1.54, 1.807) is 0 Å². The molecule has 0 aliphatic rings. The molecular formula is C44H28N2S. The Morgan fingerprint density at radius 3 is 1.66 bits per heavy atom. The molecule has 0 radical (unpaired) electrons. The monoisotopic (exact) mass is 616 g/mol. The molecule has 0 spiro atoms. The van der Waals surface area contributed by atoms with Crippen molar-refractivity contribution in [2.24, 2.45) is 0 Å². The number of para-hydroxylation sites is 5. The molecule has 3 heteroatoms. The lowest BCUT2D eigenvalue weighted by molar-refractivity contribution is 1.18. The third-order valence-electron chi connectivity index (χ3n) is 9.53. The Hall–Kier alpha value is -5.90. The van der Waals surface area contributed by atoms with Crippen LogP contribution >= 0.6 is 11.3 Å². The number of fused-ring (bicyclic) bond motifs is 8. The van der Waals surface area contributed by atoms with Gasteiger partial charge in [-0.3, -0.25) is 0 Å². The second kappa shape index (κ2) is 10.3. The summed E-state index contributed by atoms with van der Waals surface area (Å²) in [6.07, 6.45) is 0. The molecule has 0 fully saturated rings. The smallest absolute Gasteiger partial charge is 0.0727 e. The lowest BCUT2D eigenvalue weighted by Gasteiger charge is -2.15. The van der Waals surface area contributed by atoms with Gasteiger partial charge in [-0.05, 0) is 65.2 Å². The van der Waals surface area contributed by atoms with Crippen LogP contribution in [0.15, 0.2) is 170 Å². The summed E-state index contributed by atoms with van der Waals surface area (Å²) in [4.78, 5) is 0. The van der Waals surface area contributed by atoms with E-state index in [1.165, 1.54) is 86.6 Å². The van der Waals surface area contributed by atoms with Crippen LogP contribution in [-0.2, 0) is 0 Å². The number of hydrogen-bond donors (Lipinski definition) is 0. The first-order chi connectivity index (χ1) is 23.3. The molecule has 0 aliphatic heterocycles. The Kier molecular flexibility index (Phi) is 5.78. The van der Waals surface area contributed by atoms with Crippen molar-refractivity contribution in [3.63, 3.8) is 0 Å². The van der Waals surface area contributed by atoms with Crippen LogP contribution in [0.25, 0.3) is 86.6 Å². The molecule has 3 aromatic heterocycles. The highest BCUT2D eigenvalue weighted by Crippen LogP contribution is 2.45. The van der Waals surface area contributed by atoms with Crippen LogP contribution in [0, 0.1) is 0 Å². The normalized spacial score (nSPS) is 11.8. The van der Waals surface area contributed by atoms with Gasteiger partial charge in [-0.2, -0.15) is 0 Å². The summed E-state index contributed by atoms with van der Waals surface area (Å²) >= 11 is 1.89. The average Bonchev–Trinajstić information content (AvgIpc) is 3.79. The van der Waals surface area contributed by atoms with Crippen LogP contribution in [0.3, 0.4) is 0 Å². The van der Waals surface area contributed by atoms with Crippen LogP contribution in [0.1, 0.15) is 0 Å². The number of hydrogen-bond acceptors (Lipinski definition) is 1. The lowest BCUT2D eigenvalue weighted by atomic mass is 9.92. The molecule has 0 unspecified atom stereocenters. The zero-order valence-corrected chi connectivity index (χ0v) is 26.3. The number of aromatic nitrogens is 2. The van der Waals surface area contributed by atoms with Gasteiger partial charge in [0.05, 0.1) is 26.8 Å². The van der Waals surface area contributed by atoms with Crippen LogP contribution in [0.2, 0.25) is 0 Å². The number of rotatable bonds is 4. The summed E-state index contributed by atoms with van der Waals surface area (Å²) in [6.45, 7) is 0. The second-order valence-electron chi connectivity index (χ2n) is 12.1. The largest absolute Gasteiger partial charge is 0.309 e. The first-order valence-electron chi connectivity index (χ1n) is 16.0. The highest BCUT2D eigenvalue weighted by atomic mass is 32.1. The van der Waals surface area contributed by atoms with Gasteiger partial charge in [0.15, 0.2) is 0 Å². The summed E-state index contributed by atoms with van der Waals surface area (Å²) in [6, 6.07) is 61.7. The van der Waals surface area contributed by atoms with Gasteiger partial charge < -0.3 is 9.13 Å². The molecule has 0 saturated heterocycles. The Bertz CT molecular complexity index is 2780. The van der Waals surface area contributed by atoms with E-state index in [2.05, 4.69) is 179 Å². The fourth-order valence-electron chi connectivity index (χ4n) is 7.53. The molecule has 0 saturated carbocycles. The zero-order valence-electron chi connectivity index (χ0n) is 25.5. The van der Waals surface area contributed by atoms with E-state index < -0.39 is 0 Å².